The smallest absolute Gasteiger partial charge is 0.266 e. The minimum absolute atomic E-state index is 0.342. The number of unbranched alkanes of at least 4 members (excludes halogenated alkanes) is 10. The van der Waals surface area contributed by atoms with Gasteiger partial charge in [-0.05, 0) is 186 Å². The Hall–Kier alpha value is -5.36. The van der Waals surface area contributed by atoms with Crippen LogP contribution < -0.4 is 9.80 Å². The molecular formula is C68H84F4N2. The van der Waals surface area contributed by atoms with E-state index in [2.05, 4.69) is 90.9 Å². The van der Waals surface area contributed by atoms with E-state index in [1.165, 1.54) is 73.6 Å². The van der Waals surface area contributed by atoms with Gasteiger partial charge in [-0.25, -0.2) is 17.6 Å². The monoisotopic (exact) mass is 1000 g/mol. The van der Waals surface area contributed by atoms with Crippen LogP contribution >= 0.6 is 0 Å². The molecule has 5 aromatic rings. The first-order chi connectivity index (χ1) is 35.1. The van der Waals surface area contributed by atoms with Gasteiger partial charge in [0, 0.05) is 39.5 Å². The van der Waals surface area contributed by atoms with E-state index in [0.29, 0.717) is 22.3 Å². The van der Waals surface area contributed by atoms with Crippen molar-refractivity contribution in [2.45, 2.75) is 205 Å². The van der Waals surface area contributed by atoms with Crippen molar-refractivity contribution in [3.63, 3.8) is 0 Å². The number of para-hydroxylation sites is 1. The molecule has 0 fully saturated rings. The van der Waals surface area contributed by atoms with Gasteiger partial charge in [-0.1, -0.05) is 158 Å². The van der Waals surface area contributed by atoms with Crippen LogP contribution in [-0.4, -0.2) is 11.8 Å². The van der Waals surface area contributed by atoms with E-state index in [4.69, 9.17) is 0 Å². The molecule has 2 nitrogen and oxygen atoms in total. The molecule has 6 heteroatoms. The van der Waals surface area contributed by atoms with Gasteiger partial charge in [0.15, 0.2) is 0 Å². The highest BCUT2D eigenvalue weighted by atomic mass is 19.3. The highest BCUT2D eigenvalue weighted by Crippen LogP contribution is 2.63. The van der Waals surface area contributed by atoms with E-state index in [0.717, 1.165) is 72.7 Å². The number of alkyl halides is 4. The standard InChI is InChI=1S/C68H84F4N2/c1-13-17-20-22-24-29-42-66(43-30-25-23-21-18-14-2)58-44-50(73(48(16-4)31-19-15-3)52-36-40-56-60(46-52)64(9,10)67(69,70)62(56,5)6)34-38-54(58)55-39-35-51(45-59(55)66)74(49-32-27-26-28-33-49)53-37-41-57-61(47-53)65(11,12)68(71,72)63(57,7)8/h15-16,19,26-28,31-41,44-47H,3,13-14,17-18,20-25,29-30,42-43H2,1-2,4-12H3/b31-19-,48-16+. The van der Waals surface area contributed by atoms with Crippen LogP contribution in [0.3, 0.4) is 0 Å². The van der Waals surface area contributed by atoms with Gasteiger partial charge in [-0.3, -0.25) is 0 Å². The SMILES string of the molecule is C=C/C=C\C(=C/C)N(c1ccc2c(c1)C(CCCCCCCC)(CCCCCCCC)c1cc(N(c3ccccc3)c3ccc4c(c3)C(C)(C)C(F)(F)C4(C)C)ccc1-2)c1ccc2c(c1)C(C)(C)C(F)(F)C2(C)C. The van der Waals surface area contributed by atoms with Gasteiger partial charge in [0.2, 0.25) is 0 Å². The lowest BCUT2D eigenvalue weighted by Gasteiger charge is -2.36. The average Bonchev–Trinajstić information content (AvgIpc) is 3.74. The molecule has 394 valence electrons. The zero-order valence-electron chi connectivity index (χ0n) is 46.6. The van der Waals surface area contributed by atoms with Crippen LogP contribution in [0.5, 0.6) is 0 Å². The molecule has 3 aliphatic carbocycles. The molecule has 5 aromatic carbocycles. The molecule has 0 radical (unpaired) electrons. The Balaban J connectivity index is 1.33. The first-order valence-electron chi connectivity index (χ1n) is 28.1. The number of hydrogen-bond donors (Lipinski definition) is 0. The van der Waals surface area contributed by atoms with Crippen molar-refractivity contribution >= 4 is 28.4 Å². The summed E-state index contributed by atoms with van der Waals surface area (Å²) in [6.07, 6.45) is 24.0. The quantitative estimate of drug-likeness (QED) is 0.0387. The Labute approximate surface area is 443 Å². The number of benzene rings is 5. The molecule has 0 N–H and O–H groups in total. The van der Waals surface area contributed by atoms with E-state index >= 15 is 17.6 Å². The van der Waals surface area contributed by atoms with Gasteiger partial charge in [0.25, 0.3) is 11.8 Å². The van der Waals surface area contributed by atoms with Gasteiger partial charge >= 0.3 is 0 Å². The Bertz CT molecular complexity index is 2860. The third-order valence-corrected chi connectivity index (χ3v) is 18.1. The average molecular weight is 1010 g/mol. The van der Waals surface area contributed by atoms with Crippen molar-refractivity contribution in [1.82, 2.24) is 0 Å². The molecule has 0 bridgehead atoms. The van der Waals surface area contributed by atoms with Gasteiger partial charge < -0.3 is 9.80 Å². The van der Waals surface area contributed by atoms with Gasteiger partial charge in [-0.2, -0.15) is 0 Å². The molecule has 0 atom stereocenters. The number of halogens is 4. The van der Waals surface area contributed by atoms with E-state index in [-0.39, 0.29) is 5.41 Å². The maximum atomic E-state index is 16.4. The minimum Gasteiger partial charge on any atom is -0.311 e. The lowest BCUT2D eigenvalue weighted by molar-refractivity contribution is -0.105. The molecule has 0 aliphatic heterocycles. The maximum absolute atomic E-state index is 16.4. The normalized spacial score (nSPS) is 18.7. The van der Waals surface area contributed by atoms with Crippen molar-refractivity contribution in [2.24, 2.45) is 0 Å². The second kappa shape index (κ2) is 21.0. The van der Waals surface area contributed by atoms with Gasteiger partial charge in [0.1, 0.15) is 0 Å². The molecule has 0 spiro atoms. The summed E-state index contributed by atoms with van der Waals surface area (Å²) >= 11 is 0. The fourth-order valence-electron chi connectivity index (χ4n) is 13.5. The van der Waals surface area contributed by atoms with E-state index in [1.54, 1.807) is 61.5 Å². The lowest BCUT2D eigenvalue weighted by Crippen LogP contribution is -2.46. The van der Waals surface area contributed by atoms with Gasteiger partial charge in [-0.15, -0.1) is 0 Å². The summed E-state index contributed by atoms with van der Waals surface area (Å²) in [5.41, 5.74) is 7.60. The van der Waals surface area contributed by atoms with Crippen molar-refractivity contribution in [3.8, 4) is 11.1 Å². The molecule has 0 aromatic heterocycles. The predicted molar refractivity (Wildman–Crippen MR) is 307 cm³/mol. The number of fused-ring (bicyclic) bond motifs is 5. The third kappa shape index (κ3) is 9.00. The molecule has 3 aliphatic rings. The topological polar surface area (TPSA) is 6.48 Å². The summed E-state index contributed by atoms with van der Waals surface area (Å²) in [6, 6.07) is 36.2. The molecule has 0 unspecified atom stereocenters. The highest BCUT2D eigenvalue weighted by molar-refractivity contribution is 5.88. The van der Waals surface area contributed by atoms with Crippen LogP contribution in [0.4, 0.5) is 46.0 Å². The highest BCUT2D eigenvalue weighted by Gasteiger charge is 2.66. The fourth-order valence-corrected chi connectivity index (χ4v) is 13.5. The summed E-state index contributed by atoms with van der Waals surface area (Å²) in [7, 11) is 0. The molecule has 0 saturated heterocycles. The molecule has 0 heterocycles. The first-order valence-corrected chi connectivity index (χ1v) is 28.1. The second-order valence-electron chi connectivity index (χ2n) is 24.0. The Morgan fingerprint density at radius 3 is 1.32 bits per heavy atom. The predicted octanol–water partition coefficient (Wildman–Crippen LogP) is 21.1. The Morgan fingerprint density at radius 1 is 0.459 bits per heavy atom. The van der Waals surface area contributed by atoms with Crippen LogP contribution in [0.2, 0.25) is 0 Å². The van der Waals surface area contributed by atoms with Gasteiger partial charge in [0.05, 0.1) is 21.7 Å². The van der Waals surface area contributed by atoms with Crippen LogP contribution in [0.15, 0.2) is 140 Å². The first kappa shape index (κ1) is 54.9. The third-order valence-electron chi connectivity index (χ3n) is 18.1. The van der Waals surface area contributed by atoms with Crippen molar-refractivity contribution in [3.05, 3.63) is 173 Å². The number of anilines is 5. The molecule has 0 amide bonds. The fraction of sp³-hybridized carbons (Fsp3) is 0.471. The summed E-state index contributed by atoms with van der Waals surface area (Å²) in [4.78, 5) is 4.51. The zero-order valence-corrected chi connectivity index (χ0v) is 46.6. The summed E-state index contributed by atoms with van der Waals surface area (Å²) in [6.45, 7) is 24.0. The molecule has 0 saturated carbocycles. The second-order valence-corrected chi connectivity index (χ2v) is 24.0. The Kier molecular flexibility index (Phi) is 15.6. The van der Waals surface area contributed by atoms with Crippen LogP contribution in [0.1, 0.15) is 199 Å². The van der Waals surface area contributed by atoms with Crippen LogP contribution in [0, 0.1) is 0 Å². The number of rotatable bonds is 22. The summed E-state index contributed by atoms with van der Waals surface area (Å²) in [5.74, 6) is -5.90. The number of nitrogens with zero attached hydrogens (tertiary/aromatic N) is 2. The van der Waals surface area contributed by atoms with Crippen molar-refractivity contribution in [2.75, 3.05) is 9.80 Å². The summed E-state index contributed by atoms with van der Waals surface area (Å²) in [5, 5.41) is 0. The number of hydrogen-bond acceptors (Lipinski definition) is 2. The minimum atomic E-state index is -2.96. The van der Waals surface area contributed by atoms with E-state index < -0.39 is 33.5 Å². The molecule has 74 heavy (non-hydrogen) atoms. The largest absolute Gasteiger partial charge is 0.311 e. The van der Waals surface area contributed by atoms with E-state index in [9.17, 15) is 0 Å². The van der Waals surface area contributed by atoms with E-state index in [1.807, 2.05) is 67.6 Å². The summed E-state index contributed by atoms with van der Waals surface area (Å²) < 4.78 is 65.6. The van der Waals surface area contributed by atoms with Crippen LogP contribution in [-0.2, 0) is 27.1 Å². The number of allylic oxidation sites excluding steroid dienone is 4. The maximum Gasteiger partial charge on any atom is 0.266 e. The molecule has 8 rings (SSSR count). The van der Waals surface area contributed by atoms with Crippen molar-refractivity contribution in [1.29, 1.82) is 0 Å². The van der Waals surface area contributed by atoms with Crippen molar-refractivity contribution < 1.29 is 17.6 Å². The zero-order chi connectivity index (χ0) is 53.5. The molecular weight excluding hydrogens is 921 g/mol. The van der Waals surface area contributed by atoms with Crippen LogP contribution in [0.25, 0.3) is 11.1 Å². The Morgan fingerprint density at radius 2 is 0.851 bits per heavy atom. The lowest BCUT2D eigenvalue weighted by atomic mass is 9.70.